The number of nitrogens with one attached hydrogen (secondary N) is 1. The minimum atomic E-state index is -2.20. The Morgan fingerprint density at radius 1 is 0.933 bits per heavy atom. The largest absolute Gasteiger partial charge is 0.309 e. The number of halogens is 5. The van der Waals surface area contributed by atoms with Crippen molar-refractivity contribution in [3.63, 3.8) is 0 Å². The molecule has 4 aliphatic rings. The Labute approximate surface area is 169 Å². The van der Waals surface area contributed by atoms with Gasteiger partial charge in [-0.2, -0.15) is 5.10 Å². The van der Waals surface area contributed by atoms with Gasteiger partial charge in [0.2, 0.25) is 11.7 Å². The predicted octanol–water partition coefficient (Wildman–Crippen LogP) is 4.78. The summed E-state index contributed by atoms with van der Waals surface area (Å²) >= 11 is 0. The van der Waals surface area contributed by atoms with Gasteiger partial charge in [0.15, 0.2) is 29.1 Å². The van der Waals surface area contributed by atoms with E-state index in [4.69, 9.17) is 0 Å². The number of rotatable bonds is 4. The van der Waals surface area contributed by atoms with Gasteiger partial charge in [0.25, 0.3) is 0 Å². The highest BCUT2D eigenvalue weighted by Crippen LogP contribution is 2.60. The number of carbonyl (C=O) groups is 1. The first-order valence-electron chi connectivity index (χ1n) is 10.1. The Morgan fingerprint density at radius 2 is 1.43 bits per heavy atom. The lowest BCUT2D eigenvalue weighted by Crippen LogP contribution is -2.51. The van der Waals surface area contributed by atoms with Crippen LogP contribution >= 0.6 is 0 Å². The number of anilines is 1. The Hall–Kier alpha value is -2.45. The summed E-state index contributed by atoms with van der Waals surface area (Å²) in [7, 11) is 0. The van der Waals surface area contributed by atoms with Crippen molar-refractivity contribution in [2.45, 2.75) is 45.1 Å². The Balaban J connectivity index is 1.33. The fourth-order valence-electron chi connectivity index (χ4n) is 6.11. The summed E-state index contributed by atoms with van der Waals surface area (Å²) in [5.41, 5.74) is -1.37. The van der Waals surface area contributed by atoms with E-state index < -0.39 is 41.2 Å². The van der Waals surface area contributed by atoms with Crippen LogP contribution in [0, 0.1) is 52.3 Å². The van der Waals surface area contributed by atoms with Crippen LogP contribution in [-0.4, -0.2) is 15.7 Å². The van der Waals surface area contributed by atoms with Crippen LogP contribution in [0.5, 0.6) is 0 Å². The molecule has 30 heavy (non-hydrogen) atoms. The predicted molar refractivity (Wildman–Crippen MR) is 96.8 cm³/mol. The van der Waals surface area contributed by atoms with E-state index in [0.29, 0.717) is 17.8 Å². The summed E-state index contributed by atoms with van der Waals surface area (Å²) in [6.45, 7) is -0.654. The molecule has 4 bridgehead atoms. The molecule has 1 heterocycles. The molecule has 0 aliphatic heterocycles. The molecule has 1 aromatic heterocycles. The number of hydrogen-bond acceptors (Lipinski definition) is 2. The van der Waals surface area contributed by atoms with Crippen LogP contribution < -0.4 is 5.32 Å². The van der Waals surface area contributed by atoms with Gasteiger partial charge in [-0.3, -0.25) is 9.48 Å². The standard InChI is InChI=1S/C21H20F5N3O/c22-15-13(16(23)18(25)19(26)17(15)24)9-29-2-1-14(28-29)27-20(30)21-6-10-3-11(7-21)5-12(4-10)8-21/h1-2,10-12H,3-9H2,(H,27,28,30). The minimum Gasteiger partial charge on any atom is -0.309 e. The maximum Gasteiger partial charge on any atom is 0.231 e. The van der Waals surface area contributed by atoms with E-state index in [2.05, 4.69) is 10.4 Å². The average molecular weight is 425 g/mol. The van der Waals surface area contributed by atoms with Crippen LogP contribution in [0.2, 0.25) is 0 Å². The van der Waals surface area contributed by atoms with Gasteiger partial charge in [0, 0.05) is 12.3 Å². The third-order valence-corrected chi connectivity index (χ3v) is 7.02. The molecule has 0 atom stereocenters. The van der Waals surface area contributed by atoms with E-state index >= 15 is 0 Å². The molecule has 0 radical (unpaired) electrons. The van der Waals surface area contributed by atoms with Crippen LogP contribution in [0.15, 0.2) is 12.3 Å². The lowest BCUT2D eigenvalue weighted by atomic mass is 9.49. The van der Waals surface area contributed by atoms with Gasteiger partial charge in [-0.15, -0.1) is 0 Å². The number of nitrogens with zero attached hydrogens (tertiary/aromatic N) is 2. The summed E-state index contributed by atoms with van der Waals surface area (Å²) in [6, 6.07) is 1.45. The SMILES string of the molecule is O=C(Nc1ccn(Cc2c(F)c(F)c(F)c(F)c2F)n1)C12CC3CC(CC(C3)C1)C2. The molecule has 4 aliphatic carbocycles. The summed E-state index contributed by atoms with van der Waals surface area (Å²) < 4.78 is 68.8. The molecule has 6 rings (SSSR count). The average Bonchev–Trinajstić information content (AvgIpc) is 3.14. The fraction of sp³-hybridized carbons (Fsp3) is 0.524. The van der Waals surface area contributed by atoms with Crippen molar-refractivity contribution < 1.29 is 26.7 Å². The van der Waals surface area contributed by atoms with Crippen molar-refractivity contribution in [2.75, 3.05) is 5.32 Å². The van der Waals surface area contributed by atoms with Gasteiger partial charge in [-0.25, -0.2) is 22.0 Å². The van der Waals surface area contributed by atoms with Crippen LogP contribution in [0.4, 0.5) is 27.8 Å². The first-order chi connectivity index (χ1) is 14.3. The van der Waals surface area contributed by atoms with E-state index in [9.17, 15) is 26.7 Å². The Morgan fingerprint density at radius 3 is 1.97 bits per heavy atom. The molecule has 4 fully saturated rings. The quantitative estimate of drug-likeness (QED) is 0.435. The number of carbonyl (C=O) groups excluding carboxylic acids is 1. The topological polar surface area (TPSA) is 46.9 Å². The molecule has 4 nitrogen and oxygen atoms in total. The molecule has 1 aromatic carbocycles. The third kappa shape index (κ3) is 3.01. The number of aromatic nitrogens is 2. The second-order valence-corrected chi connectivity index (χ2v) is 9.10. The normalized spacial score (nSPS) is 29.4. The zero-order valence-electron chi connectivity index (χ0n) is 16.0. The van der Waals surface area contributed by atoms with Crippen LogP contribution in [0.1, 0.15) is 44.1 Å². The Kier molecular flexibility index (Phi) is 4.41. The van der Waals surface area contributed by atoms with Gasteiger partial charge in [0.1, 0.15) is 0 Å². The maximum absolute atomic E-state index is 13.9. The van der Waals surface area contributed by atoms with Crippen molar-refractivity contribution >= 4 is 11.7 Å². The zero-order valence-corrected chi connectivity index (χ0v) is 16.0. The van der Waals surface area contributed by atoms with Crippen LogP contribution in [0.25, 0.3) is 0 Å². The van der Waals surface area contributed by atoms with E-state index in [1.54, 1.807) is 0 Å². The van der Waals surface area contributed by atoms with E-state index in [0.717, 1.165) is 23.9 Å². The molecule has 0 unspecified atom stereocenters. The maximum atomic E-state index is 13.9. The molecular formula is C21H20F5N3O. The number of amides is 1. The molecule has 160 valence electrons. The van der Waals surface area contributed by atoms with E-state index in [-0.39, 0.29) is 17.1 Å². The molecule has 0 saturated heterocycles. The minimum absolute atomic E-state index is 0.0944. The monoisotopic (exact) mass is 425 g/mol. The first-order valence-corrected chi connectivity index (χ1v) is 10.1. The van der Waals surface area contributed by atoms with Gasteiger partial charge < -0.3 is 5.32 Å². The summed E-state index contributed by atoms with van der Waals surface area (Å²) in [5.74, 6) is -8.09. The van der Waals surface area contributed by atoms with Gasteiger partial charge >= 0.3 is 0 Å². The molecule has 0 spiro atoms. The highest BCUT2D eigenvalue weighted by Gasteiger charge is 2.54. The van der Waals surface area contributed by atoms with Gasteiger partial charge in [-0.1, -0.05) is 0 Å². The lowest BCUT2D eigenvalue weighted by molar-refractivity contribution is -0.140. The summed E-state index contributed by atoms with van der Waals surface area (Å²) in [4.78, 5) is 13.0. The molecule has 1 amide bonds. The third-order valence-electron chi connectivity index (χ3n) is 7.02. The van der Waals surface area contributed by atoms with Gasteiger partial charge in [0.05, 0.1) is 17.5 Å². The number of hydrogen-bond donors (Lipinski definition) is 1. The first kappa shape index (κ1) is 19.5. The Bertz CT molecular complexity index is 970. The van der Waals surface area contributed by atoms with Crippen molar-refractivity contribution in [1.29, 1.82) is 0 Å². The molecule has 2 aromatic rings. The van der Waals surface area contributed by atoms with Crippen molar-refractivity contribution in [1.82, 2.24) is 9.78 Å². The smallest absolute Gasteiger partial charge is 0.231 e. The van der Waals surface area contributed by atoms with Crippen LogP contribution in [-0.2, 0) is 11.3 Å². The van der Waals surface area contributed by atoms with E-state index in [1.807, 2.05) is 0 Å². The molecule has 4 saturated carbocycles. The second kappa shape index (κ2) is 6.78. The highest BCUT2D eigenvalue weighted by atomic mass is 19.2. The van der Waals surface area contributed by atoms with Crippen molar-refractivity contribution in [3.05, 3.63) is 46.9 Å². The van der Waals surface area contributed by atoms with Crippen LogP contribution in [0.3, 0.4) is 0 Å². The number of benzene rings is 1. The highest BCUT2D eigenvalue weighted by molar-refractivity contribution is 5.94. The van der Waals surface area contributed by atoms with Crippen molar-refractivity contribution in [3.8, 4) is 0 Å². The van der Waals surface area contributed by atoms with E-state index in [1.165, 1.54) is 31.5 Å². The summed E-state index contributed by atoms with van der Waals surface area (Å²) in [6.07, 6.45) is 7.53. The lowest BCUT2D eigenvalue weighted by Gasteiger charge is -2.55. The van der Waals surface area contributed by atoms with Gasteiger partial charge in [-0.05, 0) is 56.3 Å². The second-order valence-electron chi connectivity index (χ2n) is 9.10. The molecule has 1 N–H and O–H groups in total. The molecule has 9 heteroatoms. The zero-order chi connectivity index (χ0) is 21.2. The molecular weight excluding hydrogens is 405 g/mol. The summed E-state index contributed by atoms with van der Waals surface area (Å²) in [5, 5.41) is 6.85. The van der Waals surface area contributed by atoms with Crippen molar-refractivity contribution in [2.24, 2.45) is 23.2 Å². The fourth-order valence-corrected chi connectivity index (χ4v) is 6.11.